The zero-order valence-corrected chi connectivity index (χ0v) is 24.1. The van der Waals surface area contributed by atoms with Gasteiger partial charge in [0.1, 0.15) is 16.6 Å². The molecule has 2 fully saturated rings. The number of thiophene rings is 1. The highest BCUT2D eigenvalue weighted by atomic mass is 32.1. The first-order valence-electron chi connectivity index (χ1n) is 14.0. The number of likely N-dealkylation sites (N-methyl/N-ethyl adjacent to an activating group) is 1. The number of aliphatic hydroxyl groups excluding tert-OH is 1. The number of aliphatic hydroxyl groups is 1. The Kier molecular flexibility index (Phi) is 6.71. The van der Waals surface area contributed by atoms with Gasteiger partial charge in [0.2, 0.25) is 5.95 Å². The average molecular weight is 593 g/mol. The van der Waals surface area contributed by atoms with Gasteiger partial charge in [0.15, 0.2) is 11.6 Å². The summed E-state index contributed by atoms with van der Waals surface area (Å²) in [5.41, 5.74) is 7.90. The van der Waals surface area contributed by atoms with Crippen LogP contribution < -0.4 is 10.6 Å². The number of nitrogens with zero attached hydrogens (tertiary/aromatic N) is 7. The predicted octanol–water partition coefficient (Wildman–Crippen LogP) is 3.24. The van der Waals surface area contributed by atoms with E-state index in [-0.39, 0.29) is 75.4 Å². The van der Waals surface area contributed by atoms with Gasteiger partial charge in [-0.15, -0.1) is 11.3 Å². The Morgan fingerprint density at radius 3 is 2.79 bits per heavy atom. The monoisotopic (exact) mass is 592 g/mol. The summed E-state index contributed by atoms with van der Waals surface area (Å²) in [5.74, 6) is -0.813. The number of fused-ring (bicyclic) bond motifs is 4. The summed E-state index contributed by atoms with van der Waals surface area (Å²) < 4.78 is 37.4. The molecule has 13 heteroatoms. The number of hydrogen-bond donors (Lipinski definition) is 2. The smallest absolute Gasteiger partial charge is 0.226 e. The molecule has 7 rings (SSSR count). The fourth-order valence-corrected chi connectivity index (χ4v) is 7.87. The maximum atomic E-state index is 16.7. The molecule has 3 atom stereocenters. The van der Waals surface area contributed by atoms with Crippen molar-refractivity contribution in [3.63, 3.8) is 0 Å². The molecule has 218 valence electrons. The number of nitrogen functional groups attached to an aromatic ring is 1. The molecule has 10 nitrogen and oxygen atoms in total. The number of piperazine rings is 1. The molecule has 0 bridgehead atoms. The van der Waals surface area contributed by atoms with E-state index in [1.807, 2.05) is 6.07 Å². The molecule has 3 aliphatic rings. The Balaban J connectivity index is 1.34. The molecule has 3 aliphatic heterocycles. The van der Waals surface area contributed by atoms with Crippen molar-refractivity contribution in [2.45, 2.75) is 44.7 Å². The third kappa shape index (κ3) is 4.05. The maximum absolute atomic E-state index is 16.7. The van der Waals surface area contributed by atoms with Crippen LogP contribution in [0.3, 0.4) is 0 Å². The Labute approximate surface area is 244 Å². The Hall–Kier alpha value is -3.54. The quantitative estimate of drug-likeness (QED) is 0.365. The Bertz CT molecular complexity index is 1770. The van der Waals surface area contributed by atoms with Crippen molar-refractivity contribution < 1.29 is 18.6 Å². The van der Waals surface area contributed by atoms with Crippen molar-refractivity contribution in [1.82, 2.24) is 24.8 Å². The first-order valence-corrected chi connectivity index (χ1v) is 14.8. The molecule has 42 heavy (non-hydrogen) atoms. The number of nitriles is 1. The second-order valence-corrected chi connectivity index (χ2v) is 12.4. The van der Waals surface area contributed by atoms with Crippen LogP contribution in [0, 0.1) is 23.0 Å². The van der Waals surface area contributed by atoms with Gasteiger partial charge in [-0.2, -0.15) is 5.26 Å². The summed E-state index contributed by atoms with van der Waals surface area (Å²) in [5, 5.41) is 20.8. The van der Waals surface area contributed by atoms with E-state index in [1.54, 1.807) is 6.20 Å². The van der Waals surface area contributed by atoms with Crippen LogP contribution in [-0.2, 0) is 18.0 Å². The van der Waals surface area contributed by atoms with E-state index in [0.717, 1.165) is 49.2 Å². The lowest BCUT2D eigenvalue weighted by Gasteiger charge is -2.44. The number of benzene rings is 1. The Morgan fingerprint density at radius 2 is 2.00 bits per heavy atom. The molecule has 1 aromatic carbocycles. The van der Waals surface area contributed by atoms with Gasteiger partial charge in [-0.25, -0.2) is 18.7 Å². The second-order valence-electron chi connectivity index (χ2n) is 11.3. The highest BCUT2D eigenvalue weighted by Crippen LogP contribution is 2.45. The van der Waals surface area contributed by atoms with E-state index in [0.29, 0.717) is 23.4 Å². The number of hydrogen-bond acceptors (Lipinski definition) is 11. The summed E-state index contributed by atoms with van der Waals surface area (Å²) in [6, 6.07) is 2.35. The molecule has 3 N–H and O–H groups in total. The third-order valence-electron chi connectivity index (χ3n) is 9.07. The number of aromatic nitrogens is 3. The lowest BCUT2D eigenvalue weighted by atomic mass is 9.94. The first-order chi connectivity index (χ1) is 20.3. The number of pyridine rings is 1. The molecule has 0 unspecified atom stereocenters. The van der Waals surface area contributed by atoms with E-state index >= 15 is 4.39 Å². The fourth-order valence-electron chi connectivity index (χ4n) is 6.95. The van der Waals surface area contributed by atoms with Gasteiger partial charge < -0.3 is 25.4 Å². The van der Waals surface area contributed by atoms with Crippen molar-refractivity contribution in [3.8, 4) is 17.3 Å². The van der Waals surface area contributed by atoms with Gasteiger partial charge in [0, 0.05) is 66.8 Å². The molecule has 3 aromatic heterocycles. The molecule has 0 spiro atoms. The molecule has 6 heterocycles. The number of anilines is 2. The van der Waals surface area contributed by atoms with E-state index < -0.39 is 11.6 Å². The van der Waals surface area contributed by atoms with Crippen LogP contribution in [-0.4, -0.2) is 87.8 Å². The van der Waals surface area contributed by atoms with Crippen LogP contribution >= 0.6 is 11.3 Å². The molecule has 0 aliphatic carbocycles. The minimum atomic E-state index is -0.619. The average Bonchev–Trinajstić information content (AvgIpc) is 3.71. The van der Waals surface area contributed by atoms with Crippen molar-refractivity contribution >= 4 is 43.3 Å². The van der Waals surface area contributed by atoms with Crippen LogP contribution in [0.15, 0.2) is 12.4 Å². The van der Waals surface area contributed by atoms with Crippen LogP contribution in [0.4, 0.5) is 19.7 Å². The van der Waals surface area contributed by atoms with Gasteiger partial charge in [-0.3, -0.25) is 9.88 Å². The second kappa shape index (κ2) is 10.3. The van der Waals surface area contributed by atoms with E-state index in [4.69, 9.17) is 15.5 Å². The zero-order valence-electron chi connectivity index (χ0n) is 23.3. The van der Waals surface area contributed by atoms with Crippen LogP contribution in [0.25, 0.3) is 32.2 Å². The SMILES string of the molecule is C[C@H]1[C@@H](N2CCN(C)C[C@H]2CO)CCN1c1ncc2c3c(c(-c4ncc(F)c5sc(N)c(C#N)c45)c(F)c2n1)COC3. The topological polar surface area (TPSA) is 128 Å². The third-order valence-corrected chi connectivity index (χ3v) is 10.1. The van der Waals surface area contributed by atoms with Crippen molar-refractivity contribution in [2.24, 2.45) is 0 Å². The van der Waals surface area contributed by atoms with E-state index in [1.165, 1.54) is 0 Å². The van der Waals surface area contributed by atoms with E-state index in [9.17, 15) is 14.8 Å². The summed E-state index contributed by atoms with van der Waals surface area (Å²) in [7, 11) is 2.07. The highest BCUT2D eigenvalue weighted by Gasteiger charge is 2.40. The van der Waals surface area contributed by atoms with Crippen molar-refractivity contribution in [3.05, 3.63) is 40.7 Å². The summed E-state index contributed by atoms with van der Waals surface area (Å²) >= 11 is 0.947. The minimum Gasteiger partial charge on any atom is -0.395 e. The lowest BCUT2D eigenvalue weighted by Crippen LogP contribution is -2.59. The van der Waals surface area contributed by atoms with Crippen LogP contribution in [0.1, 0.15) is 30.0 Å². The van der Waals surface area contributed by atoms with Crippen molar-refractivity contribution in [2.75, 3.05) is 50.5 Å². The van der Waals surface area contributed by atoms with Gasteiger partial charge in [-0.05, 0) is 31.5 Å². The summed E-state index contributed by atoms with van der Waals surface area (Å²) in [6.45, 7) is 5.91. The molecular weight excluding hydrogens is 562 g/mol. The fraction of sp³-hybridized carbons (Fsp3) is 0.448. The standard InChI is InChI=1S/C29H30F2N8O2S/c1-14-21(39-6-5-37(2)10-15(39)11-40)3-4-38(14)29-35-8-17-18-12-41-13-19(18)22(24(31)25(17)36-29)26-23-16(7-32)28(33)42-27(23)20(30)9-34-26/h8-9,14-15,21,40H,3-6,10-13,33H2,1-2H3/t14-,15-,21-/m0/s1. The number of nitrogens with two attached hydrogens (primary N) is 1. The van der Waals surface area contributed by atoms with Gasteiger partial charge in [-0.1, -0.05) is 0 Å². The molecule has 2 saturated heterocycles. The zero-order chi connectivity index (χ0) is 29.3. The largest absolute Gasteiger partial charge is 0.395 e. The van der Waals surface area contributed by atoms with Crippen LogP contribution in [0.5, 0.6) is 0 Å². The van der Waals surface area contributed by atoms with Gasteiger partial charge in [0.25, 0.3) is 0 Å². The van der Waals surface area contributed by atoms with Crippen LogP contribution in [0.2, 0.25) is 0 Å². The van der Waals surface area contributed by atoms with Crippen molar-refractivity contribution in [1.29, 1.82) is 5.26 Å². The summed E-state index contributed by atoms with van der Waals surface area (Å²) in [6.07, 6.45) is 3.57. The van der Waals surface area contributed by atoms with E-state index in [2.05, 4.69) is 38.6 Å². The normalized spacial score (nSPS) is 23.2. The Morgan fingerprint density at radius 1 is 1.19 bits per heavy atom. The summed E-state index contributed by atoms with van der Waals surface area (Å²) in [4.78, 5) is 20.4. The molecule has 0 saturated carbocycles. The van der Waals surface area contributed by atoms with Gasteiger partial charge >= 0.3 is 0 Å². The van der Waals surface area contributed by atoms with Gasteiger partial charge in [0.05, 0.1) is 42.0 Å². The molecule has 0 amide bonds. The lowest BCUT2D eigenvalue weighted by molar-refractivity contribution is 0.0196. The molecule has 0 radical (unpaired) electrons. The molecule has 4 aromatic rings. The maximum Gasteiger partial charge on any atom is 0.226 e. The highest BCUT2D eigenvalue weighted by molar-refractivity contribution is 7.23. The number of rotatable bonds is 4. The first kappa shape index (κ1) is 27.3. The minimum absolute atomic E-state index is 0.0468. The predicted molar refractivity (Wildman–Crippen MR) is 156 cm³/mol. The number of ether oxygens (including phenoxy) is 1. The number of halogens is 2. The molecular formula is C29H30F2N8O2S.